The lowest BCUT2D eigenvalue weighted by Gasteiger charge is -2.14. The molecule has 26 heavy (non-hydrogen) atoms. The molecule has 1 atom stereocenters. The third-order valence-electron chi connectivity index (χ3n) is 3.58. The zero-order chi connectivity index (χ0) is 18.4. The van der Waals surface area contributed by atoms with Crippen molar-refractivity contribution in [3.05, 3.63) is 60.4 Å². The summed E-state index contributed by atoms with van der Waals surface area (Å²) in [5.41, 5.74) is 0.783. The van der Waals surface area contributed by atoms with E-state index in [0.717, 1.165) is 5.69 Å². The van der Waals surface area contributed by atoms with Crippen molar-refractivity contribution in [3.8, 4) is 17.2 Å². The van der Waals surface area contributed by atoms with Crippen LogP contribution in [0.4, 0.5) is 0 Å². The van der Waals surface area contributed by atoms with Crippen LogP contribution in [0.2, 0.25) is 0 Å². The molecule has 3 aromatic rings. The van der Waals surface area contributed by atoms with Crippen molar-refractivity contribution in [1.82, 2.24) is 20.2 Å². The van der Waals surface area contributed by atoms with Crippen molar-refractivity contribution >= 4 is 5.97 Å². The van der Waals surface area contributed by atoms with Gasteiger partial charge in [-0.2, -0.15) is 4.68 Å². The number of rotatable bonds is 7. The Morgan fingerprint density at radius 1 is 1.08 bits per heavy atom. The molecule has 0 amide bonds. The normalized spacial score (nSPS) is 11.6. The molecule has 1 unspecified atom stereocenters. The minimum absolute atomic E-state index is 0.0585. The van der Waals surface area contributed by atoms with Gasteiger partial charge in [-0.3, -0.25) is 0 Å². The Labute approximate surface area is 150 Å². The average Bonchev–Trinajstić information content (AvgIpc) is 3.16. The number of hydrogen-bond acceptors (Lipinski definition) is 7. The maximum Gasteiger partial charge on any atom is 0.347 e. The number of hydrogen-bond donors (Lipinski definition) is 0. The molecule has 8 nitrogen and oxygen atoms in total. The van der Waals surface area contributed by atoms with Gasteiger partial charge in [0.1, 0.15) is 11.5 Å². The first-order valence-corrected chi connectivity index (χ1v) is 7.97. The first-order chi connectivity index (χ1) is 12.7. The second-order valence-corrected chi connectivity index (χ2v) is 5.39. The van der Waals surface area contributed by atoms with Gasteiger partial charge in [0.25, 0.3) is 0 Å². The number of tetrazole rings is 1. The van der Waals surface area contributed by atoms with Gasteiger partial charge in [-0.05, 0) is 53.7 Å². The molecule has 0 saturated carbocycles. The SMILES string of the molecule is COc1ccc(OC(C)C(=O)OCc2nnnn2-c2ccccc2)cc1. The van der Waals surface area contributed by atoms with E-state index in [1.165, 1.54) is 4.68 Å². The molecule has 0 fully saturated rings. The summed E-state index contributed by atoms with van der Waals surface area (Å²) in [5.74, 6) is 1.16. The third kappa shape index (κ3) is 4.15. The number of carbonyl (C=O) groups is 1. The fourth-order valence-electron chi connectivity index (χ4n) is 2.23. The van der Waals surface area contributed by atoms with Gasteiger partial charge in [0, 0.05) is 0 Å². The molecular formula is C18H18N4O4. The van der Waals surface area contributed by atoms with E-state index in [1.54, 1.807) is 38.3 Å². The van der Waals surface area contributed by atoms with E-state index in [0.29, 0.717) is 17.3 Å². The van der Waals surface area contributed by atoms with Crippen LogP contribution in [0.15, 0.2) is 54.6 Å². The summed E-state index contributed by atoms with van der Waals surface area (Å²) in [7, 11) is 1.58. The predicted octanol–water partition coefficient (Wildman–Crippen LogP) is 2.18. The van der Waals surface area contributed by atoms with Crippen LogP contribution in [-0.2, 0) is 16.1 Å². The van der Waals surface area contributed by atoms with Crippen LogP contribution in [-0.4, -0.2) is 39.4 Å². The summed E-state index contributed by atoms with van der Waals surface area (Å²) in [5, 5.41) is 11.4. The average molecular weight is 354 g/mol. The maximum absolute atomic E-state index is 12.2. The number of benzene rings is 2. The topological polar surface area (TPSA) is 88.4 Å². The molecular weight excluding hydrogens is 336 g/mol. The molecule has 0 saturated heterocycles. The molecule has 0 bridgehead atoms. The summed E-state index contributed by atoms with van der Waals surface area (Å²) >= 11 is 0. The Morgan fingerprint density at radius 3 is 2.46 bits per heavy atom. The Hall–Kier alpha value is -3.42. The largest absolute Gasteiger partial charge is 0.497 e. The second kappa shape index (κ2) is 8.11. The van der Waals surface area contributed by atoms with Crippen LogP contribution in [0, 0.1) is 0 Å². The summed E-state index contributed by atoms with van der Waals surface area (Å²) < 4.78 is 17.4. The van der Waals surface area contributed by atoms with Crippen LogP contribution in [0.5, 0.6) is 11.5 Å². The van der Waals surface area contributed by atoms with E-state index in [1.807, 2.05) is 30.3 Å². The lowest BCUT2D eigenvalue weighted by Crippen LogP contribution is -2.26. The van der Waals surface area contributed by atoms with Gasteiger partial charge in [0.15, 0.2) is 18.5 Å². The van der Waals surface area contributed by atoms with Crippen molar-refractivity contribution in [2.24, 2.45) is 0 Å². The molecule has 0 aliphatic carbocycles. The van der Waals surface area contributed by atoms with Crippen molar-refractivity contribution in [2.75, 3.05) is 7.11 Å². The van der Waals surface area contributed by atoms with Gasteiger partial charge in [0.05, 0.1) is 12.8 Å². The predicted molar refractivity (Wildman–Crippen MR) is 92.0 cm³/mol. The van der Waals surface area contributed by atoms with Crippen LogP contribution in [0.1, 0.15) is 12.7 Å². The van der Waals surface area contributed by atoms with Crippen molar-refractivity contribution < 1.29 is 19.0 Å². The number of nitrogens with zero attached hydrogens (tertiary/aromatic N) is 4. The van der Waals surface area contributed by atoms with E-state index >= 15 is 0 Å². The van der Waals surface area contributed by atoms with Crippen LogP contribution < -0.4 is 9.47 Å². The lowest BCUT2D eigenvalue weighted by molar-refractivity contribution is -0.152. The monoisotopic (exact) mass is 354 g/mol. The van der Waals surface area contributed by atoms with Crippen LogP contribution >= 0.6 is 0 Å². The van der Waals surface area contributed by atoms with Gasteiger partial charge in [0.2, 0.25) is 0 Å². The number of esters is 1. The molecule has 1 aromatic heterocycles. The van der Waals surface area contributed by atoms with Gasteiger partial charge in [-0.25, -0.2) is 4.79 Å². The molecule has 0 aliphatic heterocycles. The minimum atomic E-state index is -0.774. The van der Waals surface area contributed by atoms with Gasteiger partial charge >= 0.3 is 5.97 Å². The molecule has 0 aliphatic rings. The van der Waals surface area contributed by atoms with E-state index in [2.05, 4.69) is 15.5 Å². The van der Waals surface area contributed by atoms with E-state index in [4.69, 9.17) is 14.2 Å². The highest BCUT2D eigenvalue weighted by molar-refractivity contribution is 5.74. The molecule has 2 aromatic carbocycles. The quantitative estimate of drug-likeness (QED) is 0.601. The molecule has 8 heteroatoms. The first-order valence-electron chi connectivity index (χ1n) is 7.97. The minimum Gasteiger partial charge on any atom is -0.497 e. The molecule has 0 N–H and O–H groups in total. The Kier molecular flexibility index (Phi) is 5.43. The zero-order valence-electron chi connectivity index (χ0n) is 14.4. The smallest absolute Gasteiger partial charge is 0.347 e. The molecule has 0 spiro atoms. The van der Waals surface area contributed by atoms with E-state index < -0.39 is 12.1 Å². The summed E-state index contributed by atoms with van der Waals surface area (Å²) in [6.07, 6.45) is -0.774. The maximum atomic E-state index is 12.2. The highest BCUT2D eigenvalue weighted by Gasteiger charge is 2.18. The van der Waals surface area contributed by atoms with E-state index in [9.17, 15) is 4.79 Å². The number of ether oxygens (including phenoxy) is 3. The summed E-state index contributed by atoms with van der Waals surface area (Å²) in [4.78, 5) is 12.2. The zero-order valence-corrected chi connectivity index (χ0v) is 14.4. The van der Waals surface area contributed by atoms with Crippen LogP contribution in [0.3, 0.4) is 0 Å². The highest BCUT2D eigenvalue weighted by Crippen LogP contribution is 2.18. The van der Waals surface area contributed by atoms with E-state index in [-0.39, 0.29) is 6.61 Å². The number of carbonyl (C=O) groups excluding carboxylic acids is 1. The van der Waals surface area contributed by atoms with Gasteiger partial charge < -0.3 is 14.2 Å². The fraction of sp³-hybridized carbons (Fsp3) is 0.222. The van der Waals surface area contributed by atoms with Gasteiger partial charge in [-0.1, -0.05) is 18.2 Å². The Morgan fingerprint density at radius 2 is 1.77 bits per heavy atom. The second-order valence-electron chi connectivity index (χ2n) is 5.39. The van der Waals surface area contributed by atoms with Gasteiger partial charge in [-0.15, -0.1) is 5.10 Å². The number of methoxy groups -OCH3 is 1. The Balaban J connectivity index is 1.58. The number of aromatic nitrogens is 4. The van der Waals surface area contributed by atoms with Crippen molar-refractivity contribution in [3.63, 3.8) is 0 Å². The highest BCUT2D eigenvalue weighted by atomic mass is 16.6. The molecule has 1 heterocycles. The fourth-order valence-corrected chi connectivity index (χ4v) is 2.23. The third-order valence-corrected chi connectivity index (χ3v) is 3.58. The summed E-state index contributed by atoms with van der Waals surface area (Å²) in [6.45, 7) is 1.56. The lowest BCUT2D eigenvalue weighted by atomic mass is 10.3. The van der Waals surface area contributed by atoms with Crippen molar-refractivity contribution in [1.29, 1.82) is 0 Å². The molecule has 134 valence electrons. The Bertz CT molecular complexity index is 849. The number of para-hydroxylation sites is 1. The first kappa shape index (κ1) is 17.4. The van der Waals surface area contributed by atoms with Crippen LogP contribution in [0.25, 0.3) is 5.69 Å². The molecule has 0 radical (unpaired) electrons. The standard InChI is InChI=1S/C18H18N4O4/c1-13(26-16-10-8-15(24-2)9-11-16)18(23)25-12-17-19-20-21-22(17)14-6-4-3-5-7-14/h3-11,13H,12H2,1-2H3. The molecule has 3 rings (SSSR count). The summed E-state index contributed by atoms with van der Waals surface area (Å²) in [6, 6.07) is 16.3. The van der Waals surface area contributed by atoms with Crippen molar-refractivity contribution in [2.45, 2.75) is 19.6 Å².